The number of sulfonamides is 1. The van der Waals surface area contributed by atoms with Crippen molar-refractivity contribution in [2.45, 2.75) is 31.2 Å². The maximum absolute atomic E-state index is 12.4. The lowest BCUT2D eigenvalue weighted by molar-refractivity contribution is -0.653. The molecular weight excluding hydrogens is 655 g/mol. The topological polar surface area (TPSA) is 125 Å². The average molecular weight is 680 g/mol. The highest BCUT2D eigenvalue weighted by Gasteiger charge is 2.27. The van der Waals surface area contributed by atoms with Gasteiger partial charge in [-0.25, -0.2) is 13.1 Å². The zero-order chi connectivity index (χ0) is 27.7. The van der Waals surface area contributed by atoms with Crippen LogP contribution in [0.3, 0.4) is 0 Å². The van der Waals surface area contributed by atoms with E-state index < -0.39 is 26.0 Å². The molecule has 4 rings (SSSR count). The van der Waals surface area contributed by atoms with E-state index in [4.69, 9.17) is 0 Å². The molecule has 2 N–H and O–H groups in total. The third kappa shape index (κ3) is 7.46. The van der Waals surface area contributed by atoms with Crippen LogP contribution >= 0.6 is 50.4 Å². The summed E-state index contributed by atoms with van der Waals surface area (Å²) in [6.07, 6.45) is 5.92. The molecule has 3 heterocycles. The zero-order valence-corrected chi connectivity index (χ0v) is 26.0. The molecule has 1 aliphatic rings. The summed E-state index contributed by atoms with van der Waals surface area (Å²) < 4.78 is 60.6. The summed E-state index contributed by atoms with van der Waals surface area (Å²) in [6.45, 7) is 2.29. The molecule has 0 aliphatic carbocycles. The van der Waals surface area contributed by atoms with Gasteiger partial charge in [0.25, 0.3) is 25.9 Å². The number of fused-ring (bicyclic) bond motifs is 2. The predicted molar refractivity (Wildman–Crippen MR) is 158 cm³/mol. The summed E-state index contributed by atoms with van der Waals surface area (Å²) in [6, 6.07) is 7.89. The van der Waals surface area contributed by atoms with Crippen LogP contribution in [0.2, 0.25) is 0 Å². The highest BCUT2D eigenvalue weighted by molar-refractivity contribution is 9.10. The van der Waals surface area contributed by atoms with E-state index in [1.54, 1.807) is 11.8 Å². The second kappa shape index (κ2) is 11.8. The second-order valence-corrected chi connectivity index (χ2v) is 15.7. The van der Waals surface area contributed by atoms with Crippen LogP contribution in [0.15, 0.2) is 55.7 Å². The SMILES string of the molecule is CCC(=Cc1sc2ccsc2[n+]1CC(=O)NS(C)(=O)=O)C=C1Sc2ccc(Br)cc2N1CCCS(=O)(=O)O. The Morgan fingerprint density at radius 3 is 2.68 bits per heavy atom. The number of nitrogens with zero attached hydrogens (tertiary/aromatic N) is 2. The zero-order valence-electron chi connectivity index (χ0n) is 20.4. The molecule has 0 saturated heterocycles. The van der Waals surface area contributed by atoms with Gasteiger partial charge in [-0.05, 0) is 54.1 Å². The number of thiophene rings is 1. The van der Waals surface area contributed by atoms with Gasteiger partial charge in [0.05, 0.1) is 22.7 Å². The summed E-state index contributed by atoms with van der Waals surface area (Å²) in [5, 5.41) is 3.66. The fourth-order valence-corrected chi connectivity index (χ4v) is 8.57. The van der Waals surface area contributed by atoms with Gasteiger partial charge in [-0.1, -0.05) is 57.3 Å². The van der Waals surface area contributed by atoms with Gasteiger partial charge in [0, 0.05) is 22.0 Å². The van der Waals surface area contributed by atoms with Crippen LogP contribution in [-0.2, 0) is 31.5 Å². The number of aromatic nitrogens is 1. The third-order valence-electron chi connectivity index (χ3n) is 5.44. The van der Waals surface area contributed by atoms with E-state index in [2.05, 4.69) is 15.9 Å². The molecule has 0 bridgehead atoms. The number of hydrogen-bond acceptors (Lipinski definition) is 9. The van der Waals surface area contributed by atoms with Gasteiger partial charge in [-0.3, -0.25) is 9.35 Å². The lowest BCUT2D eigenvalue weighted by Gasteiger charge is -2.20. The van der Waals surface area contributed by atoms with Gasteiger partial charge in [-0.15, -0.1) is 0 Å². The van der Waals surface area contributed by atoms with E-state index in [0.717, 1.165) is 46.5 Å². The Bertz CT molecular complexity index is 1660. The number of rotatable bonds is 10. The van der Waals surface area contributed by atoms with Gasteiger partial charge in [-0.2, -0.15) is 13.0 Å². The molecule has 0 unspecified atom stereocenters. The number of hydrogen-bond donors (Lipinski definition) is 2. The van der Waals surface area contributed by atoms with E-state index >= 15 is 0 Å². The number of carbonyl (C=O) groups is 1. The fraction of sp³-hybridized carbons (Fsp3) is 0.304. The van der Waals surface area contributed by atoms with E-state index in [-0.39, 0.29) is 18.7 Å². The number of amides is 1. The summed E-state index contributed by atoms with van der Waals surface area (Å²) in [7, 11) is -7.74. The first-order chi connectivity index (χ1) is 17.8. The second-order valence-electron chi connectivity index (χ2n) is 8.47. The predicted octanol–water partition coefficient (Wildman–Crippen LogP) is 4.61. The van der Waals surface area contributed by atoms with Crippen LogP contribution in [-0.4, -0.2) is 45.8 Å². The van der Waals surface area contributed by atoms with Crippen molar-refractivity contribution in [2.24, 2.45) is 0 Å². The van der Waals surface area contributed by atoms with Crippen molar-refractivity contribution < 1.29 is 30.7 Å². The van der Waals surface area contributed by atoms with Crippen molar-refractivity contribution in [1.29, 1.82) is 0 Å². The quantitative estimate of drug-likeness (QED) is 0.235. The Balaban J connectivity index is 1.69. The molecule has 1 amide bonds. The monoisotopic (exact) mass is 678 g/mol. The van der Waals surface area contributed by atoms with E-state index in [1.165, 1.54) is 22.7 Å². The molecule has 0 radical (unpaired) electrons. The van der Waals surface area contributed by atoms with Crippen LogP contribution in [0.5, 0.6) is 0 Å². The summed E-state index contributed by atoms with van der Waals surface area (Å²) in [5.74, 6) is -0.947. The maximum atomic E-state index is 12.4. The number of nitrogens with one attached hydrogen (secondary N) is 1. The first-order valence-electron chi connectivity index (χ1n) is 11.4. The molecule has 15 heteroatoms. The number of allylic oxidation sites excluding steroid dienone is 2. The Hall–Kier alpha value is -1.75. The normalized spacial score (nSPS) is 15.4. The first kappa shape index (κ1) is 29.2. The minimum absolute atomic E-state index is 0.136. The van der Waals surface area contributed by atoms with Gasteiger partial charge >= 0.3 is 0 Å². The lowest BCUT2D eigenvalue weighted by Crippen LogP contribution is -2.45. The molecule has 38 heavy (non-hydrogen) atoms. The van der Waals surface area contributed by atoms with Gasteiger partial charge in [0.15, 0.2) is 0 Å². The molecule has 0 saturated carbocycles. The van der Waals surface area contributed by atoms with Crippen molar-refractivity contribution >= 4 is 97.7 Å². The fourth-order valence-electron chi connectivity index (χ4n) is 3.85. The van der Waals surface area contributed by atoms with Gasteiger partial charge in [0.2, 0.25) is 16.6 Å². The smallest absolute Gasteiger partial charge is 0.299 e. The molecule has 2 aromatic heterocycles. The summed E-state index contributed by atoms with van der Waals surface area (Å²) in [4.78, 5) is 16.4. The number of halogens is 1. The molecular formula is C23H25BrN3O6S5+. The Labute approximate surface area is 242 Å². The molecule has 9 nitrogen and oxygen atoms in total. The Kier molecular flexibility index (Phi) is 9.06. The van der Waals surface area contributed by atoms with Crippen molar-refractivity contribution in [3.05, 3.63) is 55.8 Å². The molecule has 1 aliphatic heterocycles. The van der Waals surface area contributed by atoms with E-state index in [1.807, 2.05) is 62.9 Å². The highest BCUT2D eigenvalue weighted by Crippen LogP contribution is 2.47. The highest BCUT2D eigenvalue weighted by atomic mass is 79.9. The van der Waals surface area contributed by atoms with Gasteiger partial charge < -0.3 is 4.90 Å². The minimum atomic E-state index is -4.07. The number of benzene rings is 1. The third-order valence-corrected chi connectivity index (χ3v) is 10.6. The Morgan fingerprint density at radius 1 is 1.24 bits per heavy atom. The Morgan fingerprint density at radius 2 is 2.00 bits per heavy atom. The molecule has 204 valence electrons. The molecule has 0 atom stereocenters. The molecule has 3 aromatic rings. The van der Waals surface area contributed by atoms with Crippen molar-refractivity contribution in [3.8, 4) is 0 Å². The van der Waals surface area contributed by atoms with Crippen LogP contribution < -0.4 is 14.2 Å². The van der Waals surface area contributed by atoms with Crippen molar-refractivity contribution in [3.63, 3.8) is 0 Å². The summed E-state index contributed by atoms with van der Waals surface area (Å²) >= 11 is 8.08. The van der Waals surface area contributed by atoms with Crippen molar-refractivity contribution in [1.82, 2.24) is 4.72 Å². The van der Waals surface area contributed by atoms with E-state index in [9.17, 15) is 26.2 Å². The molecule has 1 aromatic carbocycles. The number of thioether (sulfide) groups is 1. The number of thiazole rings is 1. The maximum Gasteiger partial charge on any atom is 0.299 e. The first-order valence-corrected chi connectivity index (χ1v) is 18.2. The minimum Gasteiger partial charge on any atom is -0.335 e. The van der Waals surface area contributed by atoms with Crippen LogP contribution in [0, 0.1) is 0 Å². The van der Waals surface area contributed by atoms with Crippen LogP contribution in [0.4, 0.5) is 5.69 Å². The van der Waals surface area contributed by atoms with Crippen molar-refractivity contribution in [2.75, 3.05) is 23.5 Å². The standard InChI is InChI=1S/C23H24BrN3O6S5/c1-3-15(12-22-27(14-20(28)25-37(2,29)30)23-19(36-22)7-9-34-23)11-21-26(8-4-10-38(31,32)33)17-13-16(24)5-6-18(17)35-21/h5-7,9,11-13H,3-4,8,10,14H2,1-2H3,(H-,25,28,31,32,33)/p+1. The van der Waals surface area contributed by atoms with Crippen LogP contribution in [0.25, 0.3) is 15.6 Å². The summed E-state index contributed by atoms with van der Waals surface area (Å²) in [5.41, 5.74) is 1.93. The van der Waals surface area contributed by atoms with E-state index in [0.29, 0.717) is 13.0 Å². The molecule has 0 spiro atoms. The number of anilines is 1. The van der Waals surface area contributed by atoms with Gasteiger partial charge in [0.1, 0.15) is 4.70 Å². The number of carbonyl (C=O) groups excluding carboxylic acids is 1. The largest absolute Gasteiger partial charge is 0.335 e. The average Bonchev–Trinajstić information content (AvgIpc) is 3.46. The van der Waals surface area contributed by atoms with Crippen LogP contribution in [0.1, 0.15) is 24.8 Å². The lowest BCUT2D eigenvalue weighted by atomic mass is 10.2. The molecule has 0 fully saturated rings.